The molecule has 3 atom stereocenters. The molecule has 1 aliphatic heterocycles. The van der Waals surface area contributed by atoms with Gasteiger partial charge in [0.05, 0.1) is 15.7 Å². The van der Waals surface area contributed by atoms with Crippen molar-refractivity contribution < 1.29 is 13.7 Å². The van der Waals surface area contributed by atoms with Gasteiger partial charge in [-0.05, 0) is 97.1 Å². The number of carbonyl (C=O) groups is 1. The Morgan fingerprint density at radius 3 is 2.26 bits per heavy atom. The number of ether oxygens (including phenoxy) is 1. The quantitative estimate of drug-likeness (QED) is 0.480. The van der Waals surface area contributed by atoms with Crippen LogP contribution < -0.4 is 4.72 Å². The lowest BCUT2D eigenvalue weighted by Gasteiger charge is -2.31. The minimum absolute atomic E-state index is 0.0286. The van der Waals surface area contributed by atoms with Crippen molar-refractivity contribution in [2.75, 3.05) is 13.1 Å². The third-order valence-electron chi connectivity index (χ3n) is 6.34. The van der Waals surface area contributed by atoms with Crippen molar-refractivity contribution in [3.8, 4) is 0 Å². The molecule has 1 aliphatic rings. The molecule has 1 fully saturated rings. The van der Waals surface area contributed by atoms with E-state index in [4.69, 9.17) is 4.74 Å². The molecule has 0 saturated carbocycles. The van der Waals surface area contributed by atoms with E-state index in [0.29, 0.717) is 11.8 Å². The lowest BCUT2D eigenvalue weighted by molar-refractivity contribution is 0.0246. The lowest BCUT2D eigenvalue weighted by atomic mass is 9.82. The van der Waals surface area contributed by atoms with Crippen LogP contribution in [0.3, 0.4) is 0 Å². The van der Waals surface area contributed by atoms with Crippen LogP contribution >= 0.6 is 0 Å². The van der Waals surface area contributed by atoms with Crippen LogP contribution in [-0.4, -0.2) is 38.6 Å². The molecular weight excluding hydrogens is 444 g/mol. The van der Waals surface area contributed by atoms with Crippen LogP contribution in [0.2, 0.25) is 0 Å². The highest BCUT2D eigenvalue weighted by Crippen LogP contribution is 2.36. The van der Waals surface area contributed by atoms with Gasteiger partial charge in [0.1, 0.15) is 5.60 Å². The minimum Gasteiger partial charge on any atom is -0.444 e. The van der Waals surface area contributed by atoms with Crippen LogP contribution in [0.5, 0.6) is 0 Å². The number of benzene rings is 1. The first-order valence-electron chi connectivity index (χ1n) is 13.0. The number of aryl methyl sites for hydroxylation is 1. The molecule has 194 valence electrons. The predicted molar refractivity (Wildman–Crippen MR) is 143 cm³/mol. The van der Waals surface area contributed by atoms with Crippen molar-refractivity contribution in [3.63, 3.8) is 0 Å². The van der Waals surface area contributed by atoms with Gasteiger partial charge in [0.15, 0.2) is 0 Å². The van der Waals surface area contributed by atoms with Crippen LogP contribution in [-0.2, 0) is 15.7 Å². The smallest absolute Gasteiger partial charge is 0.410 e. The van der Waals surface area contributed by atoms with E-state index >= 15 is 0 Å². The van der Waals surface area contributed by atoms with Gasteiger partial charge in [-0.1, -0.05) is 44.0 Å². The summed E-state index contributed by atoms with van der Waals surface area (Å²) in [5, 5.41) is 0. The second-order valence-electron chi connectivity index (χ2n) is 12.2. The molecule has 1 N–H and O–H groups in total. The SMILES string of the molecule is Cc1ccc(C2CCCCN(C(=O)OC(C)(C)C)CCC2)c([C@@H](NS(=O)C(C)(C)C)C(C)C)c1. The van der Waals surface area contributed by atoms with Crippen molar-refractivity contribution >= 4 is 17.1 Å². The molecule has 2 rings (SSSR count). The Bertz CT molecular complexity index is 839. The maximum Gasteiger partial charge on any atom is 0.410 e. The van der Waals surface area contributed by atoms with E-state index in [1.54, 1.807) is 0 Å². The summed E-state index contributed by atoms with van der Waals surface area (Å²) in [5.41, 5.74) is 3.40. The molecule has 1 amide bonds. The number of hydrogen-bond donors (Lipinski definition) is 1. The van der Waals surface area contributed by atoms with Gasteiger partial charge >= 0.3 is 6.09 Å². The third kappa shape index (κ3) is 8.67. The molecular formula is C28H48N2O3S. The Morgan fingerprint density at radius 2 is 1.68 bits per heavy atom. The van der Waals surface area contributed by atoms with E-state index in [1.165, 1.54) is 16.7 Å². The molecule has 0 radical (unpaired) electrons. The monoisotopic (exact) mass is 492 g/mol. The normalized spacial score (nSPS) is 20.3. The molecule has 0 aromatic heterocycles. The molecule has 1 aromatic rings. The van der Waals surface area contributed by atoms with Crippen LogP contribution in [0.25, 0.3) is 0 Å². The molecule has 0 spiro atoms. The largest absolute Gasteiger partial charge is 0.444 e. The summed E-state index contributed by atoms with van der Waals surface area (Å²) < 4.78 is 21.8. The molecule has 34 heavy (non-hydrogen) atoms. The van der Waals surface area contributed by atoms with Crippen LogP contribution in [0.1, 0.15) is 116 Å². The predicted octanol–water partition coefficient (Wildman–Crippen LogP) is 7.03. The number of amides is 1. The summed E-state index contributed by atoms with van der Waals surface area (Å²) in [7, 11) is -1.14. The fraction of sp³-hybridized carbons (Fsp3) is 0.750. The van der Waals surface area contributed by atoms with Gasteiger partial charge in [0.25, 0.3) is 0 Å². The van der Waals surface area contributed by atoms with Gasteiger partial charge in [0.2, 0.25) is 0 Å². The fourth-order valence-electron chi connectivity index (χ4n) is 4.48. The van der Waals surface area contributed by atoms with E-state index < -0.39 is 16.6 Å². The average molecular weight is 493 g/mol. The van der Waals surface area contributed by atoms with Gasteiger partial charge in [0, 0.05) is 19.1 Å². The Kier molecular flexibility index (Phi) is 10.2. The zero-order valence-electron chi connectivity index (χ0n) is 23.0. The fourth-order valence-corrected chi connectivity index (χ4v) is 5.47. The maximum atomic E-state index is 13.0. The Labute approximate surface area is 211 Å². The Morgan fingerprint density at radius 1 is 1.06 bits per heavy atom. The van der Waals surface area contributed by atoms with Gasteiger partial charge in [-0.3, -0.25) is 0 Å². The van der Waals surface area contributed by atoms with Crippen molar-refractivity contribution in [1.29, 1.82) is 0 Å². The first-order valence-corrected chi connectivity index (χ1v) is 14.1. The zero-order valence-corrected chi connectivity index (χ0v) is 23.8. The molecule has 1 saturated heterocycles. The second kappa shape index (κ2) is 12.0. The van der Waals surface area contributed by atoms with Crippen LogP contribution in [0.4, 0.5) is 4.79 Å². The summed E-state index contributed by atoms with van der Waals surface area (Å²) >= 11 is 0. The minimum atomic E-state index is -1.14. The first kappa shape index (κ1) is 28.8. The number of hydrogen-bond acceptors (Lipinski definition) is 3. The Balaban J connectivity index is 2.26. The molecule has 1 aromatic carbocycles. The molecule has 5 nitrogen and oxygen atoms in total. The van der Waals surface area contributed by atoms with Gasteiger partial charge in [-0.2, -0.15) is 0 Å². The number of carbonyl (C=O) groups excluding carboxylic acids is 1. The van der Waals surface area contributed by atoms with Gasteiger partial charge in [-0.25, -0.2) is 13.7 Å². The van der Waals surface area contributed by atoms with Crippen molar-refractivity contribution in [2.24, 2.45) is 5.92 Å². The van der Waals surface area contributed by atoms with Gasteiger partial charge < -0.3 is 9.64 Å². The van der Waals surface area contributed by atoms with E-state index in [1.807, 2.05) is 46.4 Å². The van der Waals surface area contributed by atoms with E-state index in [9.17, 15) is 9.00 Å². The van der Waals surface area contributed by atoms with E-state index in [0.717, 1.165) is 45.2 Å². The molecule has 6 heteroatoms. The molecule has 0 bridgehead atoms. The van der Waals surface area contributed by atoms with E-state index in [2.05, 4.69) is 43.7 Å². The zero-order chi connectivity index (χ0) is 25.7. The molecule has 2 unspecified atom stereocenters. The van der Waals surface area contributed by atoms with Crippen molar-refractivity contribution in [2.45, 2.75) is 117 Å². The van der Waals surface area contributed by atoms with Gasteiger partial charge in [-0.15, -0.1) is 0 Å². The number of nitrogens with one attached hydrogen (secondary N) is 1. The Hall–Kier alpha value is -1.40. The summed E-state index contributed by atoms with van der Waals surface area (Å²) in [6.45, 7) is 19.8. The second-order valence-corrected chi connectivity index (χ2v) is 14.2. The topological polar surface area (TPSA) is 58.6 Å². The number of rotatable bonds is 5. The highest BCUT2D eigenvalue weighted by Gasteiger charge is 2.29. The van der Waals surface area contributed by atoms with Crippen molar-refractivity contribution in [3.05, 3.63) is 34.9 Å². The third-order valence-corrected chi connectivity index (χ3v) is 7.92. The highest BCUT2D eigenvalue weighted by molar-refractivity contribution is 7.84. The highest BCUT2D eigenvalue weighted by atomic mass is 32.2. The van der Waals surface area contributed by atoms with Crippen LogP contribution in [0, 0.1) is 12.8 Å². The van der Waals surface area contributed by atoms with Crippen LogP contribution in [0.15, 0.2) is 18.2 Å². The first-order chi connectivity index (χ1) is 15.7. The lowest BCUT2D eigenvalue weighted by Crippen LogP contribution is -2.38. The summed E-state index contributed by atoms with van der Waals surface area (Å²) in [4.78, 5) is 14.5. The maximum absolute atomic E-state index is 13.0. The molecule has 1 heterocycles. The number of nitrogens with zero attached hydrogens (tertiary/aromatic N) is 1. The average Bonchev–Trinajstić information content (AvgIpc) is 2.81. The van der Waals surface area contributed by atoms with Crippen molar-refractivity contribution in [1.82, 2.24) is 9.62 Å². The summed E-state index contributed by atoms with van der Waals surface area (Å²) in [5.74, 6) is 0.742. The summed E-state index contributed by atoms with van der Waals surface area (Å²) in [6, 6.07) is 6.81. The van der Waals surface area contributed by atoms with E-state index in [-0.39, 0.29) is 16.9 Å². The molecule has 0 aliphatic carbocycles. The summed E-state index contributed by atoms with van der Waals surface area (Å²) in [6.07, 6.45) is 4.94. The standard InChI is InChI=1S/C28H48N2O3S/c1-20(2)25(29-34(32)28(7,8)9)24-19-21(3)15-16-23(24)22-13-10-11-17-30(18-12-14-22)26(31)33-27(4,5)6/h15-16,19-20,22,25,29H,10-14,17-18H2,1-9H3/t22?,25-,34?/m0/s1.